The fraction of sp³-hybridized carbons (Fsp3) is 0.524. The number of halogens is 2. The summed E-state index contributed by atoms with van der Waals surface area (Å²) in [5, 5.41) is 6.87. The van der Waals surface area contributed by atoms with Gasteiger partial charge in [-0.2, -0.15) is 5.10 Å². The number of rotatable bonds is 2. The van der Waals surface area contributed by atoms with Crippen molar-refractivity contribution in [2.24, 2.45) is 9.78 Å². The molecule has 7 nitrogen and oxygen atoms in total. The van der Waals surface area contributed by atoms with Gasteiger partial charge in [-0.1, -0.05) is 19.9 Å². The normalized spacial score (nSPS) is 21.2. The molecule has 1 aromatic heterocycles. The second kappa shape index (κ2) is 7.01. The Morgan fingerprint density at radius 3 is 2.87 bits per heavy atom. The number of anilines is 1. The van der Waals surface area contributed by atoms with Crippen LogP contribution >= 0.6 is 0 Å². The molecular weight excluding hydrogens is 426 g/mol. The Kier molecular flexibility index (Phi) is 4.62. The van der Waals surface area contributed by atoms with Gasteiger partial charge in [-0.05, 0) is 46.4 Å². The average molecular weight is 450 g/mol. The number of carbonyl (C=O) groups excluding carboxylic acids is 1. The average Bonchev–Trinajstić information content (AvgIpc) is 3.35. The maximum absolute atomic E-state index is 14.0. The van der Waals surface area contributed by atoms with E-state index in [0.717, 1.165) is 24.0 Å². The number of alkyl halides is 2. The zero-order chi connectivity index (χ0) is 22.0. The smallest absolute Gasteiger partial charge is 0.322 e. The summed E-state index contributed by atoms with van der Waals surface area (Å²) in [4.78, 5) is 12.8. The van der Waals surface area contributed by atoms with Gasteiger partial charge >= 0.3 is 6.03 Å². The summed E-state index contributed by atoms with van der Waals surface area (Å²) < 4.78 is 51.9. The topological polar surface area (TPSA) is 85.6 Å². The number of carbonyl (C=O) groups is 1. The van der Waals surface area contributed by atoms with Crippen molar-refractivity contribution in [1.29, 1.82) is 0 Å². The van der Waals surface area contributed by atoms with E-state index in [0.29, 0.717) is 42.3 Å². The Balaban J connectivity index is 1.43. The van der Waals surface area contributed by atoms with Gasteiger partial charge in [0.2, 0.25) is 0 Å². The Morgan fingerprint density at radius 2 is 2.06 bits per heavy atom. The molecule has 2 aliphatic carbocycles. The van der Waals surface area contributed by atoms with Crippen LogP contribution in [0.5, 0.6) is 5.88 Å². The summed E-state index contributed by atoms with van der Waals surface area (Å²) in [6.45, 7) is 5.10. The molecule has 2 aromatic rings. The monoisotopic (exact) mass is 449 g/mol. The molecule has 0 fully saturated rings. The number of aryl methyl sites for hydroxylation is 1. The summed E-state index contributed by atoms with van der Waals surface area (Å²) in [6.07, 6.45) is 3.09. The fourth-order valence-electron chi connectivity index (χ4n) is 4.67. The number of nitrogens with one attached hydrogen (secondary N) is 1. The third-order valence-electron chi connectivity index (χ3n) is 6.01. The highest BCUT2D eigenvalue weighted by atomic mass is 32.2. The Bertz CT molecular complexity index is 1180. The summed E-state index contributed by atoms with van der Waals surface area (Å²) in [5.74, 6) is -2.48. The second-order valence-corrected chi connectivity index (χ2v) is 10.4. The number of benzene rings is 1. The molecule has 0 bridgehead atoms. The predicted molar refractivity (Wildman–Crippen MR) is 110 cm³/mol. The summed E-state index contributed by atoms with van der Waals surface area (Å²) in [6, 6.07) is 1.02. The van der Waals surface area contributed by atoms with Crippen molar-refractivity contribution in [3.8, 4) is 5.88 Å². The SMILES string of the molecule is CC1(C)COc2c([S-](=O)=NC(=O)Nc3c4c(cc5c3CC(F)(F)C5)CCC4)cnn2C1. The van der Waals surface area contributed by atoms with Crippen molar-refractivity contribution < 1.29 is 22.5 Å². The lowest BCUT2D eigenvalue weighted by molar-refractivity contribution is 0.0131. The van der Waals surface area contributed by atoms with Crippen molar-refractivity contribution in [2.45, 2.75) is 63.3 Å². The van der Waals surface area contributed by atoms with Crippen molar-refractivity contribution in [1.82, 2.24) is 9.78 Å². The van der Waals surface area contributed by atoms with Gasteiger partial charge < -0.3 is 18.6 Å². The molecule has 2 heterocycles. The van der Waals surface area contributed by atoms with Gasteiger partial charge in [0.15, 0.2) is 5.88 Å². The van der Waals surface area contributed by atoms with Crippen LogP contribution in [-0.4, -0.2) is 28.3 Å². The number of hydrogen-bond donors (Lipinski definition) is 1. The predicted octanol–water partition coefficient (Wildman–Crippen LogP) is 4.26. The molecule has 10 heteroatoms. The molecular formula is C21H23F2N4O3S-. The first-order chi connectivity index (χ1) is 14.6. The first-order valence-corrected chi connectivity index (χ1v) is 11.4. The summed E-state index contributed by atoms with van der Waals surface area (Å²) >= 11 is 0. The van der Waals surface area contributed by atoms with E-state index < -0.39 is 29.0 Å². The van der Waals surface area contributed by atoms with E-state index in [1.165, 1.54) is 6.20 Å². The molecule has 2 amide bonds. The van der Waals surface area contributed by atoms with Crippen LogP contribution in [0, 0.1) is 5.41 Å². The Labute approximate surface area is 180 Å². The van der Waals surface area contributed by atoms with Crippen LogP contribution in [0.2, 0.25) is 0 Å². The van der Waals surface area contributed by atoms with Gasteiger partial charge in [-0.25, -0.2) is 18.3 Å². The van der Waals surface area contributed by atoms with Crippen molar-refractivity contribution in [3.05, 3.63) is 34.5 Å². The van der Waals surface area contributed by atoms with Crippen LogP contribution in [0.15, 0.2) is 21.5 Å². The molecule has 1 aliphatic heterocycles. The van der Waals surface area contributed by atoms with E-state index in [9.17, 15) is 17.8 Å². The molecule has 0 atom stereocenters. The molecule has 1 N–H and O–H groups in total. The largest absolute Gasteiger partial charge is 0.478 e. The molecule has 0 saturated carbocycles. The first-order valence-electron chi connectivity index (χ1n) is 10.3. The molecule has 3 aliphatic rings. The molecule has 5 rings (SSSR count). The maximum atomic E-state index is 14.0. The zero-order valence-corrected chi connectivity index (χ0v) is 18.2. The van der Waals surface area contributed by atoms with Crippen LogP contribution in [0.3, 0.4) is 0 Å². The lowest BCUT2D eigenvalue weighted by Crippen LogP contribution is -2.33. The Morgan fingerprint density at radius 1 is 1.26 bits per heavy atom. The highest BCUT2D eigenvalue weighted by Crippen LogP contribution is 2.43. The van der Waals surface area contributed by atoms with Crippen molar-refractivity contribution in [3.63, 3.8) is 0 Å². The lowest BCUT2D eigenvalue weighted by atomic mass is 9.94. The standard InChI is InChI=1S/C21H23F2N4O3S/c1-20(2)10-27-18(30-11-20)16(9-24-27)31(29)26-19(28)25-17-14-5-3-4-12(14)6-13-7-21(22,23)8-15(13)17/h6,9H,3-5,7-8,10-11H2,1-2H3,(H,25,28)/q-1. The zero-order valence-electron chi connectivity index (χ0n) is 17.3. The van der Waals surface area contributed by atoms with E-state index in [-0.39, 0.29) is 16.7 Å². The molecule has 31 heavy (non-hydrogen) atoms. The third-order valence-corrected chi connectivity index (χ3v) is 7.00. The minimum atomic E-state index is -2.82. The van der Waals surface area contributed by atoms with E-state index in [4.69, 9.17) is 4.74 Å². The molecule has 166 valence electrons. The number of amides is 2. The maximum Gasteiger partial charge on any atom is 0.322 e. The number of hydrogen-bond acceptors (Lipinski definition) is 5. The van der Waals surface area contributed by atoms with Crippen LogP contribution in [0.25, 0.3) is 0 Å². The number of fused-ring (bicyclic) bond motifs is 3. The van der Waals surface area contributed by atoms with Gasteiger partial charge in [0.05, 0.1) is 13.2 Å². The summed E-state index contributed by atoms with van der Waals surface area (Å²) in [5.41, 5.74) is 3.23. The second-order valence-electron chi connectivity index (χ2n) is 9.29. The van der Waals surface area contributed by atoms with Gasteiger partial charge in [0, 0.05) is 30.1 Å². The van der Waals surface area contributed by atoms with Gasteiger partial charge in [0.1, 0.15) is 0 Å². The minimum absolute atomic E-state index is 0.109. The third kappa shape index (κ3) is 3.71. The van der Waals surface area contributed by atoms with E-state index >= 15 is 0 Å². The van der Waals surface area contributed by atoms with Crippen molar-refractivity contribution in [2.75, 3.05) is 11.9 Å². The molecule has 1 aromatic carbocycles. The quantitative estimate of drug-likeness (QED) is 0.694. The van der Waals surface area contributed by atoms with Gasteiger partial charge in [-0.3, -0.25) is 0 Å². The number of nitrogens with zero attached hydrogens (tertiary/aromatic N) is 3. The van der Waals surface area contributed by atoms with Crippen LogP contribution < -0.4 is 10.1 Å². The Hall–Kier alpha value is -2.49. The first kappa shape index (κ1) is 20.4. The van der Waals surface area contributed by atoms with Gasteiger partial charge in [-0.15, -0.1) is 10.6 Å². The van der Waals surface area contributed by atoms with Crippen LogP contribution in [0.1, 0.15) is 42.5 Å². The number of ether oxygens (including phenoxy) is 1. The highest BCUT2D eigenvalue weighted by molar-refractivity contribution is 7.75. The van der Waals surface area contributed by atoms with E-state index in [1.807, 2.05) is 19.9 Å². The molecule has 0 radical (unpaired) electrons. The van der Waals surface area contributed by atoms with Crippen LogP contribution in [-0.2, 0) is 47.0 Å². The number of aromatic nitrogens is 2. The minimum Gasteiger partial charge on any atom is -0.478 e. The molecule has 0 unspecified atom stereocenters. The fourth-order valence-corrected chi connectivity index (χ4v) is 5.41. The molecule has 0 saturated heterocycles. The van der Waals surface area contributed by atoms with Gasteiger partial charge in [0.25, 0.3) is 5.92 Å². The highest BCUT2D eigenvalue weighted by Gasteiger charge is 2.40. The number of urea groups is 1. The molecule has 0 spiro atoms. The lowest BCUT2D eigenvalue weighted by Gasteiger charge is -2.31. The van der Waals surface area contributed by atoms with E-state index in [1.54, 1.807) is 4.68 Å². The van der Waals surface area contributed by atoms with Crippen LogP contribution in [0.4, 0.5) is 19.3 Å². The van der Waals surface area contributed by atoms with Crippen molar-refractivity contribution >= 4 is 22.3 Å². The summed E-state index contributed by atoms with van der Waals surface area (Å²) in [7, 11) is -2.03. The van der Waals surface area contributed by atoms with E-state index in [2.05, 4.69) is 14.8 Å².